The lowest BCUT2D eigenvalue weighted by Gasteiger charge is -2.17. The number of rotatable bonds is 0. The van der Waals surface area contributed by atoms with E-state index in [4.69, 9.17) is 0 Å². The summed E-state index contributed by atoms with van der Waals surface area (Å²) in [4.78, 5) is 12.8. The maximum absolute atomic E-state index is 10.9. The highest BCUT2D eigenvalue weighted by Gasteiger charge is 2.30. The van der Waals surface area contributed by atoms with Gasteiger partial charge in [0.05, 0.1) is 0 Å². The number of hydrogen-bond donors (Lipinski definition) is 0. The molecule has 1 aliphatic rings. The lowest BCUT2D eigenvalue weighted by Crippen LogP contribution is -2.27. The van der Waals surface area contributed by atoms with Gasteiger partial charge in [-0.15, -0.1) is 0 Å². The predicted molar refractivity (Wildman–Crippen MR) is 52.0 cm³/mol. The Bertz CT molecular complexity index is 152. The van der Waals surface area contributed by atoms with Gasteiger partial charge in [0.1, 0.15) is 0 Å². The summed E-state index contributed by atoms with van der Waals surface area (Å²) in [5, 5.41) is 0. The first kappa shape index (κ1) is 11.5. The lowest BCUT2D eigenvalue weighted by molar-refractivity contribution is -0.128. The molecule has 0 bridgehead atoms. The van der Waals surface area contributed by atoms with Crippen molar-refractivity contribution in [2.45, 2.75) is 41.0 Å². The first-order chi connectivity index (χ1) is 5.51. The molecule has 2 nitrogen and oxygen atoms in total. The fourth-order valence-corrected chi connectivity index (χ4v) is 1.38. The quantitative estimate of drug-likeness (QED) is 0.547. The highest BCUT2D eigenvalue weighted by atomic mass is 16.2. The minimum absolute atomic E-state index is 0.213. The van der Waals surface area contributed by atoms with Crippen LogP contribution in [0, 0.1) is 5.41 Å². The zero-order chi connectivity index (χ0) is 9.78. The Labute approximate surface area is 75.9 Å². The molecular weight excluding hydrogens is 150 g/mol. The highest BCUT2D eigenvalue weighted by molar-refractivity contribution is 5.73. The average Bonchev–Trinajstić information content (AvgIpc) is 2.35. The van der Waals surface area contributed by atoms with Crippen LogP contribution in [0.5, 0.6) is 0 Å². The van der Waals surface area contributed by atoms with Crippen LogP contribution >= 0.6 is 0 Å². The monoisotopic (exact) mass is 171 g/mol. The molecule has 0 spiro atoms. The Morgan fingerprint density at radius 3 is 2.00 bits per heavy atom. The summed E-state index contributed by atoms with van der Waals surface area (Å²) in [5.74, 6) is 0.213. The molecule has 0 aromatic rings. The number of hydrogen-bond acceptors (Lipinski definition) is 1. The van der Waals surface area contributed by atoms with Gasteiger partial charge in [-0.3, -0.25) is 4.79 Å². The molecule has 1 saturated heterocycles. The molecule has 0 aromatic carbocycles. The van der Waals surface area contributed by atoms with E-state index in [1.54, 1.807) is 6.92 Å². The summed E-state index contributed by atoms with van der Waals surface area (Å²) in [5.41, 5.74) is 0.353. The van der Waals surface area contributed by atoms with Crippen LogP contribution in [-0.2, 0) is 4.79 Å². The molecule has 0 unspecified atom stereocenters. The van der Waals surface area contributed by atoms with E-state index in [9.17, 15) is 4.79 Å². The smallest absolute Gasteiger partial charge is 0.219 e. The van der Waals surface area contributed by atoms with Crippen LogP contribution in [0.1, 0.15) is 41.0 Å². The van der Waals surface area contributed by atoms with E-state index in [1.807, 2.05) is 18.7 Å². The fourth-order valence-electron chi connectivity index (χ4n) is 1.38. The Morgan fingerprint density at radius 1 is 1.33 bits per heavy atom. The van der Waals surface area contributed by atoms with E-state index in [-0.39, 0.29) is 5.91 Å². The van der Waals surface area contributed by atoms with E-state index in [0.717, 1.165) is 19.5 Å². The van der Waals surface area contributed by atoms with Crippen LogP contribution in [-0.4, -0.2) is 23.9 Å². The molecule has 0 saturated carbocycles. The molecule has 1 fully saturated rings. The van der Waals surface area contributed by atoms with Crippen LogP contribution in [0.3, 0.4) is 0 Å². The first-order valence-electron chi connectivity index (χ1n) is 4.77. The van der Waals surface area contributed by atoms with E-state index < -0.39 is 0 Å². The van der Waals surface area contributed by atoms with Gasteiger partial charge in [0.2, 0.25) is 5.91 Å². The largest absolute Gasteiger partial charge is 0.342 e. The molecule has 0 radical (unpaired) electrons. The SMILES string of the molecule is CC.CC(=O)N1CCC(C)(C)C1. The standard InChI is InChI=1S/C8H15NO.C2H6/c1-7(10)9-5-4-8(2,3)6-9;1-2/h4-6H2,1-3H3;1-2H3. The van der Waals surface area contributed by atoms with Crippen molar-refractivity contribution in [2.75, 3.05) is 13.1 Å². The Kier molecular flexibility index (Phi) is 4.29. The average molecular weight is 171 g/mol. The van der Waals surface area contributed by atoms with Gasteiger partial charge in [0.25, 0.3) is 0 Å². The zero-order valence-electron chi connectivity index (χ0n) is 8.98. The summed E-state index contributed by atoms with van der Waals surface area (Å²) in [6.45, 7) is 11.9. The fraction of sp³-hybridized carbons (Fsp3) is 0.900. The normalized spacial score (nSPS) is 19.9. The number of carbonyl (C=O) groups excluding carboxylic acids is 1. The maximum atomic E-state index is 10.9. The zero-order valence-corrected chi connectivity index (χ0v) is 8.98. The molecule has 1 amide bonds. The third kappa shape index (κ3) is 3.24. The summed E-state index contributed by atoms with van der Waals surface area (Å²) < 4.78 is 0. The third-order valence-electron chi connectivity index (χ3n) is 2.12. The van der Waals surface area contributed by atoms with Crippen molar-refractivity contribution in [1.82, 2.24) is 4.90 Å². The van der Waals surface area contributed by atoms with Gasteiger partial charge in [-0.05, 0) is 11.8 Å². The molecule has 72 valence electrons. The Hall–Kier alpha value is -0.530. The number of nitrogens with zero attached hydrogens (tertiary/aromatic N) is 1. The summed E-state index contributed by atoms with van der Waals surface area (Å²) in [6, 6.07) is 0. The third-order valence-corrected chi connectivity index (χ3v) is 2.12. The van der Waals surface area contributed by atoms with Crippen molar-refractivity contribution >= 4 is 5.91 Å². The topological polar surface area (TPSA) is 20.3 Å². The molecule has 1 rings (SSSR count). The predicted octanol–water partition coefficient (Wildman–Crippen LogP) is 2.29. The van der Waals surface area contributed by atoms with E-state index in [2.05, 4.69) is 13.8 Å². The summed E-state index contributed by atoms with van der Waals surface area (Å²) in [6.07, 6.45) is 1.15. The molecule has 0 aliphatic carbocycles. The molecule has 1 heterocycles. The number of amides is 1. The van der Waals surface area contributed by atoms with Crippen LogP contribution in [0.4, 0.5) is 0 Å². The molecule has 0 N–H and O–H groups in total. The van der Waals surface area contributed by atoms with Gasteiger partial charge in [0, 0.05) is 20.0 Å². The van der Waals surface area contributed by atoms with Crippen molar-refractivity contribution in [3.05, 3.63) is 0 Å². The van der Waals surface area contributed by atoms with Crippen LogP contribution < -0.4 is 0 Å². The van der Waals surface area contributed by atoms with Gasteiger partial charge < -0.3 is 4.90 Å². The van der Waals surface area contributed by atoms with E-state index in [1.165, 1.54) is 0 Å². The van der Waals surface area contributed by atoms with E-state index in [0.29, 0.717) is 5.41 Å². The van der Waals surface area contributed by atoms with Gasteiger partial charge in [-0.1, -0.05) is 27.7 Å². The lowest BCUT2D eigenvalue weighted by atomic mass is 9.93. The molecule has 0 aromatic heterocycles. The maximum Gasteiger partial charge on any atom is 0.219 e. The van der Waals surface area contributed by atoms with Crippen molar-refractivity contribution in [3.63, 3.8) is 0 Å². The first-order valence-corrected chi connectivity index (χ1v) is 4.77. The minimum Gasteiger partial charge on any atom is -0.342 e. The van der Waals surface area contributed by atoms with Crippen molar-refractivity contribution in [1.29, 1.82) is 0 Å². The van der Waals surface area contributed by atoms with Gasteiger partial charge in [-0.2, -0.15) is 0 Å². The van der Waals surface area contributed by atoms with Crippen LogP contribution in [0.25, 0.3) is 0 Å². The van der Waals surface area contributed by atoms with Gasteiger partial charge >= 0.3 is 0 Å². The van der Waals surface area contributed by atoms with Crippen molar-refractivity contribution in [3.8, 4) is 0 Å². The molecule has 2 heteroatoms. The molecule has 0 atom stereocenters. The second-order valence-electron chi connectivity index (χ2n) is 3.85. The summed E-state index contributed by atoms with van der Waals surface area (Å²) >= 11 is 0. The Balaban J connectivity index is 0.000000561. The number of likely N-dealkylation sites (tertiary alicyclic amines) is 1. The molecule has 1 aliphatic heterocycles. The Morgan fingerprint density at radius 2 is 1.83 bits per heavy atom. The second kappa shape index (κ2) is 4.48. The summed E-state index contributed by atoms with van der Waals surface area (Å²) in [7, 11) is 0. The molecular formula is C10H21NO. The minimum atomic E-state index is 0.213. The van der Waals surface area contributed by atoms with E-state index >= 15 is 0 Å². The molecule has 12 heavy (non-hydrogen) atoms. The van der Waals surface area contributed by atoms with Crippen molar-refractivity contribution < 1.29 is 4.79 Å². The highest BCUT2D eigenvalue weighted by Crippen LogP contribution is 2.28. The van der Waals surface area contributed by atoms with Gasteiger partial charge in [-0.25, -0.2) is 0 Å². The van der Waals surface area contributed by atoms with Gasteiger partial charge in [0.15, 0.2) is 0 Å². The second-order valence-corrected chi connectivity index (χ2v) is 3.85. The van der Waals surface area contributed by atoms with Crippen LogP contribution in [0.15, 0.2) is 0 Å². The van der Waals surface area contributed by atoms with Crippen LogP contribution in [0.2, 0.25) is 0 Å². The van der Waals surface area contributed by atoms with Crippen molar-refractivity contribution in [2.24, 2.45) is 5.41 Å². The number of carbonyl (C=O) groups is 1.